The predicted octanol–water partition coefficient (Wildman–Crippen LogP) is 1.11. The molecule has 0 atom stereocenters. The van der Waals surface area contributed by atoms with Crippen molar-refractivity contribution in [2.75, 3.05) is 14.1 Å². The van der Waals surface area contributed by atoms with Gasteiger partial charge in [0.1, 0.15) is 11.5 Å². The Balaban J connectivity index is 2.15. The lowest BCUT2D eigenvalue weighted by Gasteiger charge is -2.11. The van der Waals surface area contributed by atoms with Crippen LogP contribution in [0.2, 0.25) is 0 Å². The summed E-state index contributed by atoms with van der Waals surface area (Å²) in [5.74, 6) is -0.903. The third-order valence-electron chi connectivity index (χ3n) is 3.26. The van der Waals surface area contributed by atoms with Gasteiger partial charge in [0.15, 0.2) is 0 Å². The lowest BCUT2D eigenvalue weighted by molar-refractivity contribution is 0.0955. The van der Waals surface area contributed by atoms with Crippen molar-refractivity contribution >= 4 is 22.1 Å². The van der Waals surface area contributed by atoms with Crippen LogP contribution >= 0.6 is 0 Å². The second-order valence-electron chi connectivity index (χ2n) is 5.26. The number of carbonyl (C=O) groups excluding carboxylic acids is 1. The van der Waals surface area contributed by atoms with Gasteiger partial charge < -0.3 is 10.2 Å². The van der Waals surface area contributed by atoms with E-state index in [2.05, 4.69) is 10.5 Å². The number of sulfonamides is 1. The second-order valence-corrected chi connectivity index (χ2v) is 7.41. The van der Waals surface area contributed by atoms with E-state index in [1.807, 2.05) is 0 Å². The number of phenolic OH excluding ortho intramolecular Hbond substituents is 2. The topological polar surface area (TPSA) is 119 Å². The maximum atomic E-state index is 12.1. The summed E-state index contributed by atoms with van der Waals surface area (Å²) in [4.78, 5) is 12.1. The van der Waals surface area contributed by atoms with Gasteiger partial charge in [0.2, 0.25) is 10.0 Å². The molecule has 1 amide bonds. The standard InChI is InChI=1S/C16H17N3O5S/c1-19(2)25(23,24)14-5-3-4-11(8-14)16(22)18-17-10-12-6-7-13(20)9-15(12)21/h3-10,20-21H,1-2H3,(H,18,22)/b17-10+. The predicted molar refractivity (Wildman–Crippen MR) is 92.1 cm³/mol. The number of nitrogens with one attached hydrogen (secondary N) is 1. The minimum atomic E-state index is -3.65. The summed E-state index contributed by atoms with van der Waals surface area (Å²) in [6.07, 6.45) is 1.20. The highest BCUT2D eigenvalue weighted by atomic mass is 32.2. The number of benzene rings is 2. The van der Waals surface area contributed by atoms with Gasteiger partial charge in [-0.3, -0.25) is 4.79 Å². The monoisotopic (exact) mass is 363 g/mol. The normalized spacial score (nSPS) is 11.8. The molecule has 0 bridgehead atoms. The molecule has 0 saturated carbocycles. The molecule has 0 aliphatic carbocycles. The summed E-state index contributed by atoms with van der Waals surface area (Å²) in [6.45, 7) is 0. The molecular formula is C16H17N3O5S. The molecule has 0 aliphatic rings. The maximum absolute atomic E-state index is 12.1. The van der Waals surface area contributed by atoms with Gasteiger partial charge in [0.25, 0.3) is 5.91 Å². The molecule has 0 radical (unpaired) electrons. The number of carbonyl (C=O) groups is 1. The summed E-state index contributed by atoms with van der Waals surface area (Å²) in [6, 6.07) is 9.47. The van der Waals surface area contributed by atoms with E-state index in [1.165, 1.54) is 56.7 Å². The van der Waals surface area contributed by atoms with Crippen molar-refractivity contribution in [3.8, 4) is 11.5 Å². The van der Waals surface area contributed by atoms with Crippen LogP contribution in [0.3, 0.4) is 0 Å². The largest absolute Gasteiger partial charge is 0.508 e. The number of aromatic hydroxyl groups is 2. The summed E-state index contributed by atoms with van der Waals surface area (Å²) in [5.41, 5.74) is 2.66. The average molecular weight is 363 g/mol. The Morgan fingerprint density at radius 3 is 2.52 bits per heavy atom. The van der Waals surface area contributed by atoms with Crippen LogP contribution in [0.5, 0.6) is 11.5 Å². The molecule has 0 aromatic heterocycles. The molecule has 0 spiro atoms. The Labute approximate surface area is 145 Å². The van der Waals surface area contributed by atoms with Crippen molar-refractivity contribution in [3.05, 3.63) is 53.6 Å². The van der Waals surface area contributed by atoms with Crippen LogP contribution < -0.4 is 5.43 Å². The Bertz CT molecular complexity index is 923. The summed E-state index contributed by atoms with van der Waals surface area (Å²) < 4.78 is 25.2. The number of nitrogens with zero attached hydrogens (tertiary/aromatic N) is 2. The SMILES string of the molecule is CN(C)S(=O)(=O)c1cccc(C(=O)N/N=C/c2ccc(O)cc2O)c1. The quantitative estimate of drug-likeness (QED) is 0.543. The molecule has 0 heterocycles. The van der Waals surface area contributed by atoms with E-state index in [4.69, 9.17) is 0 Å². The molecule has 0 aliphatic heterocycles. The van der Waals surface area contributed by atoms with Gasteiger partial charge in [-0.1, -0.05) is 6.07 Å². The fourth-order valence-electron chi connectivity index (χ4n) is 1.87. The number of hydrazone groups is 1. The number of phenols is 2. The van der Waals surface area contributed by atoms with Crippen LogP contribution in [-0.2, 0) is 10.0 Å². The highest BCUT2D eigenvalue weighted by Gasteiger charge is 2.18. The van der Waals surface area contributed by atoms with Gasteiger partial charge >= 0.3 is 0 Å². The first-order valence-electron chi connectivity index (χ1n) is 7.10. The van der Waals surface area contributed by atoms with Gasteiger partial charge in [-0.2, -0.15) is 5.10 Å². The van der Waals surface area contributed by atoms with E-state index in [0.29, 0.717) is 5.56 Å². The van der Waals surface area contributed by atoms with Crippen molar-refractivity contribution in [1.82, 2.24) is 9.73 Å². The third kappa shape index (κ3) is 4.34. The molecule has 9 heteroatoms. The molecule has 8 nitrogen and oxygen atoms in total. The fourth-order valence-corrected chi connectivity index (χ4v) is 2.82. The van der Waals surface area contributed by atoms with E-state index in [9.17, 15) is 23.4 Å². The van der Waals surface area contributed by atoms with Gasteiger partial charge in [-0.15, -0.1) is 0 Å². The molecular weight excluding hydrogens is 346 g/mol. The van der Waals surface area contributed by atoms with E-state index in [0.717, 1.165) is 10.4 Å². The lowest BCUT2D eigenvalue weighted by Crippen LogP contribution is -2.23. The lowest BCUT2D eigenvalue weighted by atomic mass is 10.2. The van der Waals surface area contributed by atoms with Crippen molar-refractivity contribution in [2.45, 2.75) is 4.90 Å². The van der Waals surface area contributed by atoms with E-state index in [-0.39, 0.29) is 22.0 Å². The first kappa shape index (κ1) is 18.4. The molecule has 25 heavy (non-hydrogen) atoms. The molecule has 2 aromatic carbocycles. The number of amides is 1. The van der Waals surface area contributed by atoms with Gasteiger partial charge in [-0.05, 0) is 30.3 Å². The van der Waals surface area contributed by atoms with Crippen molar-refractivity contribution < 1.29 is 23.4 Å². The van der Waals surface area contributed by atoms with Crippen molar-refractivity contribution in [3.63, 3.8) is 0 Å². The third-order valence-corrected chi connectivity index (χ3v) is 5.07. The zero-order chi connectivity index (χ0) is 18.6. The van der Waals surface area contributed by atoms with Crippen LogP contribution in [0.15, 0.2) is 52.5 Å². The zero-order valence-corrected chi connectivity index (χ0v) is 14.4. The maximum Gasteiger partial charge on any atom is 0.271 e. The Morgan fingerprint density at radius 1 is 1.16 bits per heavy atom. The average Bonchev–Trinajstić information content (AvgIpc) is 2.56. The molecule has 3 N–H and O–H groups in total. The van der Waals surface area contributed by atoms with Crippen molar-refractivity contribution in [2.24, 2.45) is 5.10 Å². The Hall–Kier alpha value is -2.91. The number of hydrogen-bond donors (Lipinski definition) is 3. The van der Waals surface area contributed by atoms with Gasteiger partial charge in [0, 0.05) is 31.3 Å². The fraction of sp³-hybridized carbons (Fsp3) is 0.125. The molecule has 132 valence electrons. The zero-order valence-electron chi connectivity index (χ0n) is 13.5. The number of rotatable bonds is 5. The molecule has 2 aromatic rings. The van der Waals surface area contributed by atoms with Crippen LogP contribution in [0.4, 0.5) is 0 Å². The molecule has 2 rings (SSSR count). The summed E-state index contributed by atoms with van der Waals surface area (Å²) >= 11 is 0. The van der Waals surface area contributed by atoms with E-state index in [1.54, 1.807) is 0 Å². The van der Waals surface area contributed by atoms with E-state index < -0.39 is 15.9 Å². The van der Waals surface area contributed by atoms with Crippen LogP contribution in [-0.4, -0.2) is 49.2 Å². The first-order valence-corrected chi connectivity index (χ1v) is 8.54. The van der Waals surface area contributed by atoms with Crippen LogP contribution in [0, 0.1) is 0 Å². The smallest absolute Gasteiger partial charge is 0.271 e. The number of hydrogen-bond acceptors (Lipinski definition) is 6. The second kappa shape index (κ2) is 7.32. The highest BCUT2D eigenvalue weighted by Crippen LogP contribution is 2.20. The molecule has 0 unspecified atom stereocenters. The van der Waals surface area contributed by atoms with Crippen LogP contribution in [0.25, 0.3) is 0 Å². The first-order chi connectivity index (χ1) is 11.7. The van der Waals surface area contributed by atoms with Crippen LogP contribution in [0.1, 0.15) is 15.9 Å². The molecule has 0 fully saturated rings. The minimum absolute atomic E-state index is 0.00897. The van der Waals surface area contributed by atoms with Gasteiger partial charge in [0.05, 0.1) is 11.1 Å². The van der Waals surface area contributed by atoms with Gasteiger partial charge in [-0.25, -0.2) is 18.1 Å². The Morgan fingerprint density at radius 2 is 1.88 bits per heavy atom. The van der Waals surface area contributed by atoms with Crippen molar-refractivity contribution in [1.29, 1.82) is 0 Å². The minimum Gasteiger partial charge on any atom is -0.508 e. The molecule has 0 saturated heterocycles. The Kier molecular flexibility index (Phi) is 5.40. The summed E-state index contributed by atoms with van der Waals surface area (Å²) in [7, 11) is -0.849. The highest BCUT2D eigenvalue weighted by molar-refractivity contribution is 7.89. The van der Waals surface area contributed by atoms with E-state index >= 15 is 0 Å². The summed E-state index contributed by atoms with van der Waals surface area (Å²) in [5, 5.41) is 22.5.